The quantitative estimate of drug-likeness (QED) is 0.0330. The molecule has 0 saturated heterocycles. The predicted octanol–water partition coefficient (Wildman–Crippen LogP) is 7.15. The van der Waals surface area contributed by atoms with Crippen LogP contribution >= 0.6 is 21.6 Å². The molecule has 2 N–H and O–H groups in total. The van der Waals surface area contributed by atoms with Crippen molar-refractivity contribution in [2.24, 2.45) is 0 Å². The lowest BCUT2D eigenvalue weighted by molar-refractivity contribution is -0.134. The normalized spacial score (nSPS) is 12.4. The van der Waals surface area contributed by atoms with Crippen molar-refractivity contribution in [3.8, 4) is 5.75 Å². The summed E-state index contributed by atoms with van der Waals surface area (Å²) in [5, 5.41) is 14.0. The number of halogens is 4. The summed E-state index contributed by atoms with van der Waals surface area (Å²) in [7, 11) is 2.75. The molecule has 16 heteroatoms. The van der Waals surface area contributed by atoms with E-state index >= 15 is 0 Å². The first-order chi connectivity index (χ1) is 22.3. The molecule has 0 aliphatic carbocycles. The van der Waals surface area contributed by atoms with E-state index in [4.69, 9.17) is 14.5 Å². The Labute approximate surface area is 276 Å². The standard InChI is InChI=1S/C31H34F4N4O6S2/c1-5-43-15-22-37-26-27(39(22)16-31(3,4)42)18-8-6-7-9-21(18)36-29(26)38-30(41)44-12-13-46-47-17(2)10-11-23(40)45-28-24(34)19(32)14-20(33)25(28)35/h6-9,14,17,42H,5,10-13,15-16H2,1-4H3,(H,36,38,41). The van der Waals surface area contributed by atoms with Gasteiger partial charge < -0.3 is 23.9 Å². The molecule has 0 radical (unpaired) electrons. The van der Waals surface area contributed by atoms with Gasteiger partial charge in [-0.25, -0.2) is 23.5 Å². The molecule has 0 aliphatic rings. The number of pyridine rings is 1. The second-order valence-corrected chi connectivity index (χ2v) is 14.0. The first-order valence-corrected chi connectivity index (χ1v) is 17.0. The highest BCUT2D eigenvalue weighted by Gasteiger charge is 2.25. The van der Waals surface area contributed by atoms with E-state index in [-0.39, 0.29) is 49.7 Å². The number of nitrogens with one attached hydrogen (secondary N) is 1. The number of ether oxygens (including phenoxy) is 3. The van der Waals surface area contributed by atoms with Crippen molar-refractivity contribution in [3.05, 3.63) is 59.4 Å². The molecule has 0 fully saturated rings. The van der Waals surface area contributed by atoms with Gasteiger partial charge in [-0.15, -0.1) is 0 Å². The van der Waals surface area contributed by atoms with Crippen molar-refractivity contribution >= 4 is 61.4 Å². The number of benzene rings is 2. The van der Waals surface area contributed by atoms with Gasteiger partial charge in [0.05, 0.1) is 23.2 Å². The Morgan fingerprint density at radius 2 is 1.81 bits per heavy atom. The highest BCUT2D eigenvalue weighted by atomic mass is 33.1. The summed E-state index contributed by atoms with van der Waals surface area (Å²) < 4.78 is 71.5. The molecule has 2 heterocycles. The van der Waals surface area contributed by atoms with Gasteiger partial charge in [-0.2, -0.15) is 8.78 Å². The summed E-state index contributed by atoms with van der Waals surface area (Å²) >= 11 is 0. The van der Waals surface area contributed by atoms with Crippen molar-refractivity contribution in [2.75, 3.05) is 24.3 Å². The number of fused-ring (bicyclic) bond motifs is 3. The molecule has 0 aliphatic heterocycles. The van der Waals surface area contributed by atoms with E-state index in [1.807, 2.05) is 35.8 Å². The van der Waals surface area contributed by atoms with Crippen LogP contribution in [0.15, 0.2) is 30.3 Å². The van der Waals surface area contributed by atoms with Crippen molar-refractivity contribution in [1.29, 1.82) is 0 Å². The van der Waals surface area contributed by atoms with Gasteiger partial charge in [0.15, 0.2) is 17.5 Å². The number of carbonyl (C=O) groups is 2. The summed E-state index contributed by atoms with van der Waals surface area (Å²) in [4.78, 5) is 34.1. The van der Waals surface area contributed by atoms with Crippen LogP contribution in [0.4, 0.5) is 28.2 Å². The molecule has 0 spiro atoms. The summed E-state index contributed by atoms with van der Waals surface area (Å²) in [5.74, 6) is -8.22. The van der Waals surface area contributed by atoms with Gasteiger partial charge >= 0.3 is 12.1 Å². The number of hydrogen-bond donors (Lipinski definition) is 2. The van der Waals surface area contributed by atoms with Crippen LogP contribution in [0.3, 0.4) is 0 Å². The number of amides is 1. The molecule has 0 bridgehead atoms. The summed E-state index contributed by atoms with van der Waals surface area (Å²) in [6.07, 6.45) is -0.754. The van der Waals surface area contributed by atoms with Gasteiger partial charge in [0.25, 0.3) is 0 Å². The number of aliphatic hydroxyl groups is 1. The van der Waals surface area contributed by atoms with E-state index in [0.717, 1.165) is 5.39 Å². The summed E-state index contributed by atoms with van der Waals surface area (Å²) in [5.41, 5.74) is 0.652. The summed E-state index contributed by atoms with van der Waals surface area (Å²) in [6, 6.07) is 7.42. The monoisotopic (exact) mass is 698 g/mol. The lowest BCUT2D eigenvalue weighted by atomic mass is 10.1. The van der Waals surface area contributed by atoms with Crippen molar-refractivity contribution in [3.63, 3.8) is 0 Å². The molecular formula is C31H34F4N4O6S2. The Morgan fingerprint density at radius 1 is 1.11 bits per heavy atom. The molecule has 254 valence electrons. The molecule has 47 heavy (non-hydrogen) atoms. The van der Waals surface area contributed by atoms with E-state index in [1.165, 1.54) is 21.6 Å². The molecule has 2 aromatic heterocycles. The number of aromatic nitrogens is 3. The van der Waals surface area contributed by atoms with Crippen molar-refractivity contribution in [2.45, 2.75) is 64.5 Å². The van der Waals surface area contributed by atoms with Crippen LogP contribution < -0.4 is 10.1 Å². The third-order valence-corrected chi connectivity index (χ3v) is 9.47. The molecule has 1 atom stereocenters. The largest absolute Gasteiger partial charge is 0.448 e. The third-order valence-electron chi connectivity index (χ3n) is 6.54. The van der Waals surface area contributed by atoms with Crippen LogP contribution in [0.1, 0.15) is 46.4 Å². The lowest BCUT2D eigenvalue weighted by Gasteiger charge is -2.20. The highest BCUT2D eigenvalue weighted by Crippen LogP contribution is 2.33. The number of para-hydroxylation sites is 1. The topological polar surface area (TPSA) is 125 Å². The van der Waals surface area contributed by atoms with Crippen LogP contribution in [0, 0.1) is 23.3 Å². The Hall–Kier alpha value is -3.60. The number of nitrogens with zero attached hydrogens (tertiary/aromatic N) is 3. The molecule has 1 amide bonds. The third kappa shape index (κ3) is 9.49. The molecule has 10 nitrogen and oxygen atoms in total. The van der Waals surface area contributed by atoms with Gasteiger partial charge in [0.2, 0.25) is 17.4 Å². The maximum absolute atomic E-state index is 13.7. The van der Waals surface area contributed by atoms with Gasteiger partial charge in [0.1, 0.15) is 24.6 Å². The van der Waals surface area contributed by atoms with Crippen LogP contribution in [-0.2, 0) is 27.4 Å². The molecule has 4 rings (SSSR count). The smallest absolute Gasteiger partial charge is 0.412 e. The minimum atomic E-state index is -1.79. The zero-order valence-electron chi connectivity index (χ0n) is 26.1. The molecular weight excluding hydrogens is 664 g/mol. The number of hydrogen-bond acceptors (Lipinski definition) is 10. The number of rotatable bonds is 15. The molecule has 0 saturated carbocycles. The van der Waals surface area contributed by atoms with Gasteiger partial charge in [-0.05, 0) is 33.3 Å². The average Bonchev–Trinajstić information content (AvgIpc) is 3.37. The van der Waals surface area contributed by atoms with Crippen LogP contribution in [0.2, 0.25) is 0 Å². The Bertz CT molecular complexity index is 1730. The Kier molecular flexibility index (Phi) is 12.3. The maximum Gasteiger partial charge on any atom is 0.412 e. The summed E-state index contributed by atoms with van der Waals surface area (Å²) in [6.45, 7) is 7.97. The second-order valence-electron chi connectivity index (χ2n) is 11.0. The lowest BCUT2D eigenvalue weighted by Crippen LogP contribution is -2.27. The van der Waals surface area contributed by atoms with Crippen LogP contribution in [0.5, 0.6) is 5.75 Å². The molecule has 4 aromatic rings. The fraction of sp³-hybridized carbons (Fsp3) is 0.419. The minimum absolute atomic E-state index is 0.0275. The molecule has 2 aromatic carbocycles. The van der Waals surface area contributed by atoms with Gasteiger partial charge in [-0.3, -0.25) is 10.1 Å². The number of carbonyl (C=O) groups excluding carboxylic acids is 2. The average molecular weight is 699 g/mol. The van der Waals surface area contributed by atoms with E-state index < -0.39 is 46.7 Å². The second kappa shape index (κ2) is 16.0. The first kappa shape index (κ1) is 36.2. The van der Waals surface area contributed by atoms with Crippen LogP contribution in [-0.4, -0.2) is 61.5 Å². The Balaban J connectivity index is 1.31. The van der Waals surface area contributed by atoms with Crippen molar-refractivity contribution in [1.82, 2.24) is 14.5 Å². The van der Waals surface area contributed by atoms with E-state index in [1.54, 1.807) is 20.8 Å². The number of anilines is 1. The first-order valence-electron chi connectivity index (χ1n) is 14.6. The Morgan fingerprint density at radius 3 is 2.49 bits per heavy atom. The highest BCUT2D eigenvalue weighted by molar-refractivity contribution is 8.76. The molecule has 1 unspecified atom stereocenters. The number of esters is 1. The van der Waals surface area contributed by atoms with E-state index in [2.05, 4.69) is 15.0 Å². The fourth-order valence-corrected chi connectivity index (χ4v) is 6.64. The number of imidazole rings is 1. The van der Waals surface area contributed by atoms with Gasteiger partial charge in [-0.1, -0.05) is 46.7 Å². The zero-order chi connectivity index (χ0) is 34.3. The predicted molar refractivity (Wildman–Crippen MR) is 172 cm³/mol. The minimum Gasteiger partial charge on any atom is -0.448 e. The maximum atomic E-state index is 13.7. The van der Waals surface area contributed by atoms with E-state index in [0.29, 0.717) is 34.7 Å². The van der Waals surface area contributed by atoms with E-state index in [9.17, 15) is 32.3 Å². The SMILES string of the molecule is CCOCc1nc2c(NC(=O)OCCSSC(C)CCC(=O)Oc3c(F)c(F)cc(F)c3F)nc3ccccc3c2n1CC(C)(C)O. The zero-order valence-corrected chi connectivity index (χ0v) is 27.7. The van der Waals surface area contributed by atoms with Gasteiger partial charge in [0, 0.05) is 35.5 Å². The van der Waals surface area contributed by atoms with Crippen LogP contribution in [0.25, 0.3) is 21.9 Å². The fourth-order valence-electron chi connectivity index (χ4n) is 4.47. The van der Waals surface area contributed by atoms with Crippen molar-refractivity contribution < 1.29 is 46.5 Å².